The number of nitrogens with zero attached hydrogens (tertiary/aromatic N) is 4. The van der Waals surface area contributed by atoms with Crippen LogP contribution in [0, 0.1) is 0 Å². The summed E-state index contributed by atoms with van der Waals surface area (Å²) in [5.74, 6) is 1.53. The molecule has 3 aromatic rings. The molecule has 0 spiro atoms. The number of thioether (sulfide) groups is 1. The van der Waals surface area contributed by atoms with Crippen LogP contribution < -0.4 is 0 Å². The van der Waals surface area contributed by atoms with Crippen LogP contribution in [-0.4, -0.2) is 38.2 Å². The molecule has 1 aromatic carbocycles. The third kappa shape index (κ3) is 3.76. The summed E-state index contributed by atoms with van der Waals surface area (Å²) in [4.78, 5) is 4.13. The van der Waals surface area contributed by atoms with Gasteiger partial charge in [0, 0.05) is 41.3 Å². The Bertz CT molecular complexity index is 873. The Kier molecular flexibility index (Phi) is 5.21. The van der Waals surface area contributed by atoms with Gasteiger partial charge in [-0.2, -0.15) is 0 Å². The molecule has 8 heteroatoms. The first-order chi connectivity index (χ1) is 12.7. The number of benzene rings is 1. The Morgan fingerprint density at radius 1 is 1.23 bits per heavy atom. The summed E-state index contributed by atoms with van der Waals surface area (Å²) in [5, 5.41) is 10.1. The van der Waals surface area contributed by atoms with Crippen LogP contribution in [0.15, 0.2) is 53.9 Å². The first kappa shape index (κ1) is 17.5. The number of hydrogen-bond donors (Lipinski definition) is 0. The van der Waals surface area contributed by atoms with Crippen molar-refractivity contribution in [1.29, 1.82) is 0 Å². The van der Waals surface area contributed by atoms with Crippen LogP contribution in [0.2, 0.25) is 5.02 Å². The third-order valence-corrected chi connectivity index (χ3v) is 5.45. The molecule has 1 saturated heterocycles. The zero-order valence-electron chi connectivity index (χ0n) is 14.1. The van der Waals surface area contributed by atoms with Gasteiger partial charge in [0.1, 0.15) is 0 Å². The maximum Gasteiger partial charge on any atom is 0.191 e. The van der Waals surface area contributed by atoms with Crippen molar-refractivity contribution in [3.63, 3.8) is 0 Å². The highest BCUT2D eigenvalue weighted by Crippen LogP contribution is 2.31. The van der Waals surface area contributed by atoms with Gasteiger partial charge in [0.2, 0.25) is 0 Å². The number of ether oxygens (including phenoxy) is 2. The van der Waals surface area contributed by atoms with Gasteiger partial charge in [-0.25, -0.2) is 0 Å². The van der Waals surface area contributed by atoms with Crippen molar-refractivity contribution in [3.8, 4) is 11.4 Å². The van der Waals surface area contributed by atoms with E-state index in [1.54, 1.807) is 24.2 Å². The van der Waals surface area contributed by atoms with E-state index in [4.69, 9.17) is 21.1 Å². The van der Waals surface area contributed by atoms with E-state index in [9.17, 15) is 0 Å². The SMILES string of the molecule is Cn1c(SC[C@H]2CO[C@H](c3ccc(Cl)cc3)O2)nnc1-c1cccnc1. The van der Waals surface area contributed by atoms with Gasteiger partial charge < -0.3 is 14.0 Å². The lowest BCUT2D eigenvalue weighted by Crippen LogP contribution is -2.13. The smallest absolute Gasteiger partial charge is 0.191 e. The summed E-state index contributed by atoms with van der Waals surface area (Å²) >= 11 is 7.52. The molecule has 4 rings (SSSR count). The van der Waals surface area contributed by atoms with Gasteiger partial charge in [0.15, 0.2) is 17.3 Å². The van der Waals surface area contributed by atoms with Gasteiger partial charge in [-0.1, -0.05) is 35.5 Å². The van der Waals surface area contributed by atoms with E-state index >= 15 is 0 Å². The molecule has 2 atom stereocenters. The Morgan fingerprint density at radius 2 is 2.08 bits per heavy atom. The lowest BCUT2D eigenvalue weighted by atomic mass is 10.2. The minimum absolute atomic E-state index is 0.000722. The van der Waals surface area contributed by atoms with Gasteiger partial charge in [-0.3, -0.25) is 4.98 Å². The van der Waals surface area contributed by atoms with Crippen LogP contribution in [0.5, 0.6) is 0 Å². The molecule has 26 heavy (non-hydrogen) atoms. The van der Waals surface area contributed by atoms with Crippen molar-refractivity contribution in [2.24, 2.45) is 7.05 Å². The molecule has 0 bridgehead atoms. The monoisotopic (exact) mass is 388 g/mol. The molecular weight excluding hydrogens is 372 g/mol. The van der Waals surface area contributed by atoms with Crippen LogP contribution in [0.4, 0.5) is 0 Å². The Balaban J connectivity index is 1.37. The summed E-state index contributed by atoms with van der Waals surface area (Å²) in [6, 6.07) is 11.4. The molecule has 1 aliphatic rings. The second-order valence-corrected chi connectivity index (χ2v) is 7.32. The zero-order valence-corrected chi connectivity index (χ0v) is 15.7. The van der Waals surface area contributed by atoms with Gasteiger partial charge in [0.25, 0.3) is 0 Å². The molecular formula is C18H17ClN4O2S. The number of aromatic nitrogens is 4. The maximum atomic E-state index is 5.99. The summed E-state index contributed by atoms with van der Waals surface area (Å²) < 4.78 is 13.7. The highest BCUT2D eigenvalue weighted by atomic mass is 35.5. The van der Waals surface area contributed by atoms with E-state index in [1.165, 1.54) is 0 Å². The molecule has 134 valence electrons. The van der Waals surface area contributed by atoms with Crippen molar-refractivity contribution in [2.45, 2.75) is 17.6 Å². The van der Waals surface area contributed by atoms with Crippen molar-refractivity contribution in [1.82, 2.24) is 19.7 Å². The van der Waals surface area contributed by atoms with Crippen LogP contribution >= 0.6 is 23.4 Å². The van der Waals surface area contributed by atoms with Crippen molar-refractivity contribution >= 4 is 23.4 Å². The highest BCUT2D eigenvalue weighted by Gasteiger charge is 2.28. The van der Waals surface area contributed by atoms with Gasteiger partial charge >= 0.3 is 0 Å². The summed E-state index contributed by atoms with van der Waals surface area (Å²) in [6.45, 7) is 0.549. The minimum atomic E-state index is -0.344. The molecule has 0 saturated carbocycles. The van der Waals surface area contributed by atoms with Crippen molar-refractivity contribution in [2.75, 3.05) is 12.4 Å². The second-order valence-electron chi connectivity index (χ2n) is 5.89. The van der Waals surface area contributed by atoms with Crippen LogP contribution in [0.3, 0.4) is 0 Å². The maximum absolute atomic E-state index is 5.99. The lowest BCUT2D eigenvalue weighted by Gasteiger charge is -2.11. The molecule has 0 N–H and O–H groups in total. The fraction of sp³-hybridized carbons (Fsp3) is 0.278. The van der Waals surface area contributed by atoms with Gasteiger partial charge in [-0.05, 0) is 24.3 Å². The fourth-order valence-electron chi connectivity index (χ4n) is 2.68. The van der Waals surface area contributed by atoms with Crippen LogP contribution in [0.1, 0.15) is 11.9 Å². The topological polar surface area (TPSA) is 62.1 Å². The number of rotatable bonds is 5. The van der Waals surface area contributed by atoms with E-state index in [0.29, 0.717) is 11.6 Å². The van der Waals surface area contributed by atoms with E-state index in [0.717, 1.165) is 27.9 Å². The summed E-state index contributed by atoms with van der Waals surface area (Å²) in [5.41, 5.74) is 1.91. The quantitative estimate of drug-likeness (QED) is 0.620. The molecule has 1 aliphatic heterocycles. The Morgan fingerprint density at radius 3 is 2.85 bits per heavy atom. The van der Waals surface area contributed by atoms with Gasteiger partial charge in [0.05, 0.1) is 12.7 Å². The van der Waals surface area contributed by atoms with E-state index in [1.807, 2.05) is 48.0 Å². The average molecular weight is 389 g/mol. The standard InChI is InChI=1S/C18H17ClN4O2S/c1-23-16(13-3-2-8-20-9-13)21-22-18(23)26-11-15-10-24-17(25-15)12-4-6-14(19)7-5-12/h2-9,15,17H,10-11H2,1H3/t15-,17+/m1/s1. The normalized spacial score (nSPS) is 19.8. The third-order valence-electron chi connectivity index (χ3n) is 4.04. The summed E-state index contributed by atoms with van der Waals surface area (Å²) in [7, 11) is 1.95. The van der Waals surface area contributed by atoms with E-state index < -0.39 is 0 Å². The van der Waals surface area contributed by atoms with Crippen molar-refractivity contribution in [3.05, 3.63) is 59.4 Å². The first-order valence-corrected chi connectivity index (χ1v) is 9.52. The summed E-state index contributed by atoms with van der Waals surface area (Å²) in [6.07, 6.45) is 3.18. The molecule has 1 fully saturated rings. The van der Waals surface area contributed by atoms with E-state index in [-0.39, 0.29) is 12.4 Å². The second kappa shape index (κ2) is 7.75. The zero-order chi connectivity index (χ0) is 17.9. The molecule has 0 amide bonds. The fourth-order valence-corrected chi connectivity index (χ4v) is 3.70. The highest BCUT2D eigenvalue weighted by molar-refractivity contribution is 7.99. The van der Waals surface area contributed by atoms with Gasteiger partial charge in [-0.15, -0.1) is 10.2 Å². The molecule has 6 nitrogen and oxygen atoms in total. The minimum Gasteiger partial charge on any atom is -0.346 e. The van der Waals surface area contributed by atoms with Crippen molar-refractivity contribution < 1.29 is 9.47 Å². The number of halogens is 1. The Labute approximate surface area is 160 Å². The first-order valence-electron chi connectivity index (χ1n) is 8.16. The van der Waals surface area contributed by atoms with Crippen LogP contribution in [0.25, 0.3) is 11.4 Å². The number of hydrogen-bond acceptors (Lipinski definition) is 6. The molecule has 2 aromatic heterocycles. The largest absolute Gasteiger partial charge is 0.346 e. The number of pyridine rings is 1. The molecule has 0 aliphatic carbocycles. The Hall–Kier alpha value is -1.93. The molecule has 0 radical (unpaired) electrons. The lowest BCUT2D eigenvalue weighted by molar-refractivity contribution is -0.0565. The molecule has 3 heterocycles. The predicted octanol–water partition coefficient (Wildman–Crippen LogP) is 3.74. The van der Waals surface area contributed by atoms with E-state index in [2.05, 4.69) is 15.2 Å². The predicted molar refractivity (Wildman–Crippen MR) is 100.0 cm³/mol. The molecule has 0 unspecified atom stereocenters. The average Bonchev–Trinajstić information content (AvgIpc) is 3.28. The van der Waals surface area contributed by atoms with Crippen LogP contribution in [-0.2, 0) is 16.5 Å².